The molecule has 31 heavy (non-hydrogen) atoms. The summed E-state index contributed by atoms with van der Waals surface area (Å²) in [6.07, 6.45) is 4.42. The molecule has 1 heterocycles. The highest BCUT2D eigenvalue weighted by Crippen LogP contribution is 2.26. The number of para-hydroxylation sites is 1. The van der Waals surface area contributed by atoms with Crippen LogP contribution >= 0.6 is 0 Å². The molecule has 0 spiro atoms. The van der Waals surface area contributed by atoms with Crippen molar-refractivity contribution in [1.29, 1.82) is 0 Å². The SMILES string of the molecule is CCCCc1ccc(NC(=O)c2cc(-c3ccc(CC)cc3)nc3ccccc23)cc1. The number of pyridine rings is 1. The normalized spacial score (nSPS) is 10.9. The van der Waals surface area contributed by atoms with E-state index in [4.69, 9.17) is 4.98 Å². The lowest BCUT2D eigenvalue weighted by Crippen LogP contribution is -2.13. The minimum atomic E-state index is -0.119. The van der Waals surface area contributed by atoms with Gasteiger partial charge in [-0.25, -0.2) is 4.98 Å². The molecular formula is C28H28N2O. The van der Waals surface area contributed by atoms with Crippen molar-refractivity contribution in [2.75, 3.05) is 5.32 Å². The zero-order valence-electron chi connectivity index (χ0n) is 18.2. The second-order valence-electron chi connectivity index (χ2n) is 7.88. The Morgan fingerprint density at radius 2 is 1.58 bits per heavy atom. The average Bonchev–Trinajstić information content (AvgIpc) is 2.83. The standard InChI is InChI=1S/C28H28N2O/c1-3-5-8-21-13-17-23(18-14-21)29-28(31)25-19-27(22-15-11-20(4-2)12-16-22)30-26-10-7-6-9-24(25)26/h6-7,9-19H,3-5,8H2,1-2H3,(H,29,31). The molecule has 1 amide bonds. The Hall–Kier alpha value is -3.46. The van der Waals surface area contributed by atoms with Gasteiger partial charge in [0.15, 0.2) is 0 Å². The summed E-state index contributed by atoms with van der Waals surface area (Å²) in [5.74, 6) is -0.119. The number of nitrogens with one attached hydrogen (secondary N) is 1. The Labute approximate surface area is 184 Å². The van der Waals surface area contributed by atoms with Crippen LogP contribution in [0.2, 0.25) is 0 Å². The van der Waals surface area contributed by atoms with Crippen LogP contribution in [0, 0.1) is 0 Å². The number of aromatic nitrogens is 1. The first-order valence-corrected chi connectivity index (χ1v) is 11.1. The highest BCUT2D eigenvalue weighted by Gasteiger charge is 2.14. The number of carbonyl (C=O) groups is 1. The summed E-state index contributed by atoms with van der Waals surface area (Å²) in [5, 5.41) is 3.92. The van der Waals surface area contributed by atoms with E-state index in [1.807, 2.05) is 42.5 Å². The lowest BCUT2D eigenvalue weighted by molar-refractivity contribution is 0.102. The predicted molar refractivity (Wildman–Crippen MR) is 130 cm³/mol. The molecule has 0 unspecified atom stereocenters. The molecular weight excluding hydrogens is 380 g/mol. The summed E-state index contributed by atoms with van der Waals surface area (Å²) in [7, 11) is 0. The number of hydrogen-bond acceptors (Lipinski definition) is 2. The summed E-state index contributed by atoms with van der Waals surface area (Å²) >= 11 is 0. The van der Waals surface area contributed by atoms with Crippen LogP contribution in [-0.4, -0.2) is 10.9 Å². The van der Waals surface area contributed by atoms with E-state index in [-0.39, 0.29) is 5.91 Å². The highest BCUT2D eigenvalue weighted by molar-refractivity contribution is 6.13. The predicted octanol–water partition coefficient (Wildman–Crippen LogP) is 7.06. The fourth-order valence-corrected chi connectivity index (χ4v) is 3.76. The van der Waals surface area contributed by atoms with E-state index in [1.165, 1.54) is 24.0 Å². The van der Waals surface area contributed by atoms with Gasteiger partial charge in [0.05, 0.1) is 16.8 Å². The number of unbranched alkanes of at least 4 members (excludes halogenated alkanes) is 1. The third-order valence-corrected chi connectivity index (χ3v) is 5.65. The van der Waals surface area contributed by atoms with Crippen LogP contribution in [-0.2, 0) is 12.8 Å². The Morgan fingerprint density at radius 3 is 2.29 bits per heavy atom. The van der Waals surface area contributed by atoms with Gasteiger partial charge in [-0.2, -0.15) is 0 Å². The summed E-state index contributed by atoms with van der Waals surface area (Å²) in [5.41, 5.74) is 6.66. The van der Waals surface area contributed by atoms with Crippen molar-refractivity contribution in [3.8, 4) is 11.3 Å². The van der Waals surface area contributed by atoms with Crippen molar-refractivity contribution in [3.05, 3.63) is 95.6 Å². The van der Waals surface area contributed by atoms with E-state index in [9.17, 15) is 4.79 Å². The number of benzene rings is 3. The quantitative estimate of drug-likeness (QED) is 0.356. The molecule has 0 radical (unpaired) electrons. The van der Waals surface area contributed by atoms with Crippen LogP contribution in [0.15, 0.2) is 78.9 Å². The number of nitrogens with zero attached hydrogens (tertiary/aromatic N) is 1. The van der Waals surface area contributed by atoms with Crippen molar-refractivity contribution >= 4 is 22.5 Å². The summed E-state index contributed by atoms with van der Waals surface area (Å²) in [6.45, 7) is 4.34. The number of fused-ring (bicyclic) bond motifs is 1. The van der Waals surface area contributed by atoms with Crippen molar-refractivity contribution in [2.24, 2.45) is 0 Å². The van der Waals surface area contributed by atoms with Crippen molar-refractivity contribution in [2.45, 2.75) is 39.5 Å². The molecule has 3 aromatic carbocycles. The molecule has 0 saturated heterocycles. The van der Waals surface area contributed by atoms with Gasteiger partial charge in [0.25, 0.3) is 5.91 Å². The highest BCUT2D eigenvalue weighted by atomic mass is 16.1. The van der Waals surface area contributed by atoms with Crippen molar-refractivity contribution in [1.82, 2.24) is 4.98 Å². The molecule has 0 aliphatic rings. The van der Waals surface area contributed by atoms with E-state index in [2.05, 4.69) is 55.6 Å². The molecule has 0 fully saturated rings. The molecule has 4 aromatic rings. The van der Waals surface area contributed by atoms with E-state index >= 15 is 0 Å². The molecule has 3 nitrogen and oxygen atoms in total. The third kappa shape index (κ3) is 4.83. The third-order valence-electron chi connectivity index (χ3n) is 5.65. The van der Waals surface area contributed by atoms with Gasteiger partial charge in [0.1, 0.15) is 0 Å². The van der Waals surface area contributed by atoms with Crippen LogP contribution in [0.3, 0.4) is 0 Å². The molecule has 156 valence electrons. The van der Waals surface area contributed by atoms with Gasteiger partial charge in [-0.3, -0.25) is 4.79 Å². The summed E-state index contributed by atoms with van der Waals surface area (Å²) in [6, 6.07) is 26.2. The molecule has 1 N–H and O–H groups in total. The first-order valence-electron chi connectivity index (χ1n) is 11.1. The lowest BCUT2D eigenvalue weighted by Gasteiger charge is -2.11. The molecule has 0 aliphatic carbocycles. The Balaban J connectivity index is 1.66. The maximum atomic E-state index is 13.2. The summed E-state index contributed by atoms with van der Waals surface area (Å²) in [4.78, 5) is 18.0. The maximum absolute atomic E-state index is 13.2. The van der Waals surface area contributed by atoms with Crippen LogP contribution < -0.4 is 5.32 Å². The number of amides is 1. The number of anilines is 1. The minimum absolute atomic E-state index is 0.119. The number of aryl methyl sites for hydroxylation is 2. The fourth-order valence-electron chi connectivity index (χ4n) is 3.76. The van der Waals surface area contributed by atoms with Crippen LogP contribution in [0.1, 0.15) is 48.2 Å². The van der Waals surface area contributed by atoms with Gasteiger partial charge < -0.3 is 5.32 Å². The van der Waals surface area contributed by atoms with Gasteiger partial charge in [-0.15, -0.1) is 0 Å². The molecule has 4 rings (SSSR count). The van der Waals surface area contributed by atoms with Crippen LogP contribution in [0.4, 0.5) is 5.69 Å². The molecule has 0 atom stereocenters. The first-order chi connectivity index (χ1) is 15.2. The molecule has 0 aliphatic heterocycles. The average molecular weight is 409 g/mol. The van der Waals surface area contributed by atoms with E-state index in [0.717, 1.165) is 40.7 Å². The van der Waals surface area contributed by atoms with Gasteiger partial charge in [-0.1, -0.05) is 74.9 Å². The maximum Gasteiger partial charge on any atom is 0.256 e. The van der Waals surface area contributed by atoms with Gasteiger partial charge >= 0.3 is 0 Å². The van der Waals surface area contributed by atoms with E-state index < -0.39 is 0 Å². The Bertz CT molecular complexity index is 1180. The Morgan fingerprint density at radius 1 is 0.871 bits per heavy atom. The van der Waals surface area contributed by atoms with Crippen LogP contribution in [0.5, 0.6) is 0 Å². The number of carbonyl (C=O) groups excluding carboxylic acids is 1. The van der Waals surface area contributed by atoms with Crippen molar-refractivity contribution in [3.63, 3.8) is 0 Å². The molecule has 0 bridgehead atoms. The minimum Gasteiger partial charge on any atom is -0.322 e. The van der Waals surface area contributed by atoms with E-state index in [0.29, 0.717) is 5.56 Å². The second-order valence-corrected chi connectivity index (χ2v) is 7.88. The number of hydrogen-bond donors (Lipinski definition) is 1. The zero-order valence-corrected chi connectivity index (χ0v) is 18.2. The zero-order chi connectivity index (χ0) is 21.6. The molecule has 1 aromatic heterocycles. The molecule has 0 saturated carbocycles. The van der Waals surface area contributed by atoms with Crippen molar-refractivity contribution < 1.29 is 4.79 Å². The van der Waals surface area contributed by atoms with Gasteiger partial charge in [-0.05, 0) is 54.7 Å². The monoisotopic (exact) mass is 408 g/mol. The number of rotatable bonds is 7. The lowest BCUT2D eigenvalue weighted by atomic mass is 10.0. The second kappa shape index (κ2) is 9.57. The smallest absolute Gasteiger partial charge is 0.256 e. The van der Waals surface area contributed by atoms with Gasteiger partial charge in [0.2, 0.25) is 0 Å². The largest absolute Gasteiger partial charge is 0.322 e. The van der Waals surface area contributed by atoms with E-state index in [1.54, 1.807) is 0 Å². The topological polar surface area (TPSA) is 42.0 Å². The van der Waals surface area contributed by atoms with Gasteiger partial charge in [0, 0.05) is 16.6 Å². The first kappa shape index (κ1) is 20.8. The van der Waals surface area contributed by atoms with Crippen LogP contribution in [0.25, 0.3) is 22.2 Å². The fraction of sp³-hybridized carbons (Fsp3) is 0.214. The summed E-state index contributed by atoms with van der Waals surface area (Å²) < 4.78 is 0. The Kier molecular flexibility index (Phi) is 6.42. The molecule has 3 heteroatoms.